The zero-order valence-electron chi connectivity index (χ0n) is 27.3. The number of allylic oxidation sites excluding steroid dienone is 6. The lowest BCUT2D eigenvalue weighted by molar-refractivity contribution is -0.664. The molecule has 10 nitrogen and oxygen atoms in total. The summed E-state index contributed by atoms with van der Waals surface area (Å²) in [5.41, 5.74) is 5.42. The van der Waals surface area contributed by atoms with Crippen LogP contribution in [-0.4, -0.2) is 63.4 Å². The van der Waals surface area contributed by atoms with Gasteiger partial charge in [0, 0.05) is 36.0 Å². The van der Waals surface area contributed by atoms with E-state index in [1.807, 2.05) is 58.0 Å². The van der Waals surface area contributed by atoms with Crippen molar-refractivity contribution in [1.29, 1.82) is 0 Å². The third kappa shape index (κ3) is 8.95. The summed E-state index contributed by atoms with van der Waals surface area (Å²) in [6.45, 7) is 0.448. The minimum atomic E-state index is -3.58. The Hall–Kier alpha value is -3.72. The molecule has 0 bridgehead atoms. The number of hydrogen-bond acceptors (Lipinski definition) is 10. The summed E-state index contributed by atoms with van der Waals surface area (Å²) >= 11 is 3.20. The zero-order valence-corrected chi connectivity index (χ0v) is 30.6. The molecule has 1 aliphatic heterocycles. The average Bonchev–Trinajstić information content (AvgIpc) is 3.61. The van der Waals surface area contributed by atoms with Crippen molar-refractivity contribution in [2.45, 2.75) is 50.0 Å². The molecule has 2 heterocycles. The maximum Gasteiger partial charge on any atom is 0.304 e. The van der Waals surface area contributed by atoms with E-state index < -0.39 is 50.2 Å². The second-order valence-corrected chi connectivity index (χ2v) is 19.4. The van der Waals surface area contributed by atoms with Gasteiger partial charge in [-0.25, -0.2) is 16.8 Å². The number of thioether (sulfide) groups is 1. The minimum Gasteiger partial charge on any atom is -0.550 e. The van der Waals surface area contributed by atoms with Crippen LogP contribution in [0.2, 0.25) is 0 Å². The predicted octanol–water partition coefficient (Wildman–Crippen LogP) is 4.53. The van der Waals surface area contributed by atoms with Crippen LogP contribution in [0.3, 0.4) is 0 Å². The van der Waals surface area contributed by atoms with E-state index in [9.17, 15) is 31.5 Å². The standard InChI is InChI=1S/C36H38N2O8S4/c39-35(40)13-17-49(43,44)19-15-37-29-5-1-3-7-31(29)47-33(37)23-25-9-11-27-12-10-26(22-28(27)21-25)24-34-38(30-6-2-4-8-32(30)48-34)16-20-50(45,46)18-14-36(41)42/h1-8,21-24,27H,9-20H2,(H-,39,40,41,42). The van der Waals surface area contributed by atoms with Crippen LogP contribution in [0.25, 0.3) is 16.3 Å². The number of rotatable bonds is 14. The maximum absolute atomic E-state index is 12.6. The van der Waals surface area contributed by atoms with Crippen LogP contribution in [0, 0.1) is 5.92 Å². The molecule has 1 N–H and O–H groups in total. The molecular weight excluding hydrogens is 717 g/mol. The van der Waals surface area contributed by atoms with E-state index in [-0.39, 0.29) is 30.3 Å². The molecule has 0 fully saturated rings. The summed E-state index contributed by atoms with van der Waals surface area (Å²) in [4.78, 5) is 24.9. The molecule has 50 heavy (non-hydrogen) atoms. The van der Waals surface area contributed by atoms with Crippen LogP contribution in [0.5, 0.6) is 0 Å². The van der Waals surface area contributed by atoms with E-state index in [2.05, 4.69) is 24.3 Å². The average molecular weight is 755 g/mol. The lowest BCUT2D eigenvalue weighted by Crippen LogP contribution is -2.39. The molecule has 3 aromatic rings. The molecule has 1 unspecified atom stereocenters. The van der Waals surface area contributed by atoms with Crippen molar-refractivity contribution in [2.24, 2.45) is 5.92 Å². The fraction of sp³-hybridized carbons (Fsp3) is 0.361. The van der Waals surface area contributed by atoms with E-state index >= 15 is 0 Å². The molecule has 1 aromatic heterocycles. The molecule has 1 atom stereocenters. The molecule has 0 saturated heterocycles. The number of nitrogens with zero attached hydrogens (tertiary/aromatic N) is 2. The first-order valence-corrected chi connectivity index (χ1v) is 21.8. The van der Waals surface area contributed by atoms with Gasteiger partial charge in [0.25, 0.3) is 5.01 Å². The number of hydrogen-bond donors (Lipinski definition) is 1. The topological polar surface area (TPSA) is 153 Å². The minimum absolute atomic E-state index is 0.142. The number of aliphatic carboxylic acids is 2. The molecule has 14 heteroatoms. The number of carbonyl (C=O) groups is 2. The summed E-state index contributed by atoms with van der Waals surface area (Å²) in [6, 6.07) is 15.7. The van der Waals surface area contributed by atoms with E-state index in [0.29, 0.717) is 5.92 Å². The summed E-state index contributed by atoms with van der Waals surface area (Å²) < 4.78 is 53.5. The van der Waals surface area contributed by atoms with Crippen molar-refractivity contribution < 1.29 is 41.2 Å². The summed E-state index contributed by atoms with van der Waals surface area (Å²) in [6.07, 6.45) is 11.6. The number of aromatic nitrogens is 1. The number of anilines is 1. The number of carboxylic acids is 2. The van der Waals surface area contributed by atoms with Gasteiger partial charge in [0.1, 0.15) is 10.5 Å². The van der Waals surface area contributed by atoms with Gasteiger partial charge in [0.2, 0.25) is 5.52 Å². The van der Waals surface area contributed by atoms with Crippen molar-refractivity contribution in [3.63, 3.8) is 0 Å². The Morgan fingerprint density at radius 1 is 0.900 bits per heavy atom. The number of carbonyl (C=O) groups excluding carboxylic acids is 1. The number of aryl methyl sites for hydroxylation is 1. The molecular formula is C36H38N2O8S4. The quantitative estimate of drug-likeness (QED) is 0.233. The fourth-order valence-electron chi connectivity index (χ4n) is 6.48. The van der Waals surface area contributed by atoms with E-state index in [1.165, 1.54) is 5.57 Å². The predicted molar refractivity (Wildman–Crippen MR) is 195 cm³/mol. The Kier molecular flexibility index (Phi) is 11.0. The van der Waals surface area contributed by atoms with Gasteiger partial charge in [-0.2, -0.15) is 4.57 Å². The van der Waals surface area contributed by atoms with Crippen LogP contribution in [0.1, 0.15) is 43.5 Å². The van der Waals surface area contributed by atoms with Gasteiger partial charge in [-0.1, -0.05) is 59.5 Å². The monoisotopic (exact) mass is 754 g/mol. The maximum atomic E-state index is 12.6. The van der Waals surface area contributed by atoms with Gasteiger partial charge >= 0.3 is 5.97 Å². The molecule has 6 rings (SSSR count). The molecule has 0 radical (unpaired) electrons. The van der Waals surface area contributed by atoms with E-state index in [1.54, 1.807) is 23.1 Å². The number of fused-ring (bicyclic) bond motifs is 3. The Labute approximate surface area is 300 Å². The van der Waals surface area contributed by atoms with Crippen LogP contribution in [0.4, 0.5) is 5.69 Å². The molecule has 2 aliphatic carbocycles. The van der Waals surface area contributed by atoms with Crippen molar-refractivity contribution in [3.05, 3.63) is 93.5 Å². The summed E-state index contributed by atoms with van der Waals surface area (Å²) in [5, 5.41) is 21.7. The van der Waals surface area contributed by atoms with Gasteiger partial charge in [-0.15, -0.1) is 0 Å². The smallest absolute Gasteiger partial charge is 0.304 e. The molecule has 3 aliphatic rings. The second-order valence-electron chi connectivity index (χ2n) is 12.7. The largest absolute Gasteiger partial charge is 0.550 e. The van der Waals surface area contributed by atoms with Crippen molar-refractivity contribution in [3.8, 4) is 0 Å². The Morgan fingerprint density at radius 2 is 1.62 bits per heavy atom. The van der Waals surface area contributed by atoms with Gasteiger partial charge in [-0.05, 0) is 72.6 Å². The highest BCUT2D eigenvalue weighted by Gasteiger charge is 2.29. The first-order chi connectivity index (χ1) is 23.9. The highest BCUT2D eigenvalue weighted by molar-refractivity contribution is 8.03. The Bertz CT molecular complexity index is 2160. The number of thiazole rings is 1. The lowest BCUT2D eigenvalue weighted by atomic mass is 9.77. The third-order valence-corrected chi connectivity index (χ3v) is 14.6. The third-order valence-electron chi connectivity index (χ3n) is 9.13. The van der Waals surface area contributed by atoms with Gasteiger partial charge in [-0.3, -0.25) is 4.79 Å². The fourth-order valence-corrected chi connectivity index (χ4v) is 11.1. The first kappa shape index (κ1) is 36.1. The summed E-state index contributed by atoms with van der Waals surface area (Å²) in [5.74, 6) is -3.21. The van der Waals surface area contributed by atoms with E-state index in [0.717, 1.165) is 67.7 Å². The van der Waals surface area contributed by atoms with Crippen LogP contribution < -0.4 is 14.6 Å². The van der Waals surface area contributed by atoms with Gasteiger partial charge in [0.05, 0.1) is 34.4 Å². The highest BCUT2D eigenvalue weighted by atomic mass is 32.2. The SMILES string of the molecule is O=C([O-])CCS(=O)(=O)CCN1/C(=C/C2=CC3=C/C(=C/c4sc5ccccc5[n+]4CCS(=O)(=O)CCC(=O)O)CCC3CC2)Sc2ccccc21. The van der Waals surface area contributed by atoms with Gasteiger partial charge in [0.15, 0.2) is 26.2 Å². The second kappa shape index (κ2) is 15.3. The van der Waals surface area contributed by atoms with Crippen LogP contribution in [0.15, 0.2) is 93.4 Å². The normalized spacial score (nSPS) is 19.4. The van der Waals surface area contributed by atoms with Crippen LogP contribution in [-0.2, 0) is 35.8 Å². The highest BCUT2D eigenvalue weighted by Crippen LogP contribution is 2.47. The number of para-hydroxylation sites is 2. The van der Waals surface area contributed by atoms with Crippen molar-refractivity contribution >= 4 is 76.7 Å². The first-order valence-electron chi connectivity index (χ1n) is 16.5. The van der Waals surface area contributed by atoms with Gasteiger partial charge < -0.3 is 19.9 Å². The Balaban J connectivity index is 1.25. The van der Waals surface area contributed by atoms with Crippen molar-refractivity contribution in [2.75, 3.05) is 34.5 Å². The molecule has 0 saturated carbocycles. The van der Waals surface area contributed by atoms with E-state index in [4.69, 9.17) is 5.11 Å². The zero-order chi connectivity index (χ0) is 35.5. The number of sulfone groups is 2. The Morgan fingerprint density at radius 3 is 2.42 bits per heavy atom. The molecule has 0 spiro atoms. The number of carboxylic acid groups (broad SMARTS) is 2. The molecule has 2 aromatic carbocycles. The van der Waals surface area contributed by atoms with Crippen LogP contribution >= 0.6 is 23.1 Å². The molecule has 0 amide bonds. The summed E-state index contributed by atoms with van der Waals surface area (Å²) in [7, 11) is -7.12. The van der Waals surface area contributed by atoms with Crippen molar-refractivity contribution in [1.82, 2.24) is 0 Å². The molecule has 264 valence electrons. The lowest BCUT2D eigenvalue weighted by Gasteiger charge is -2.28. The number of benzene rings is 2.